The van der Waals surface area contributed by atoms with Crippen LogP contribution in [-0.2, 0) is 11.2 Å². The smallest absolute Gasteiger partial charge is 0.229 e. The van der Waals surface area contributed by atoms with Gasteiger partial charge in [-0.15, -0.1) is 0 Å². The maximum atomic E-state index is 11.2. The first-order valence-corrected chi connectivity index (χ1v) is 5.18. The van der Waals surface area contributed by atoms with Crippen LogP contribution >= 0.6 is 0 Å². The third-order valence-electron chi connectivity index (χ3n) is 2.72. The molecule has 0 spiro atoms. The van der Waals surface area contributed by atoms with Gasteiger partial charge in [-0.05, 0) is 31.0 Å². The predicted molar refractivity (Wildman–Crippen MR) is 61.3 cm³/mol. The number of hydrogen-bond acceptors (Lipinski definition) is 3. The van der Waals surface area contributed by atoms with Gasteiger partial charge in [-0.3, -0.25) is 4.79 Å². The summed E-state index contributed by atoms with van der Waals surface area (Å²) < 4.78 is 5.50. The maximum Gasteiger partial charge on any atom is 0.229 e. The fraction of sp³-hybridized carbons (Fsp3) is 0.333. The molecule has 0 aliphatic rings. The number of rotatable bonds is 2. The molecule has 16 heavy (non-hydrogen) atoms. The summed E-state index contributed by atoms with van der Waals surface area (Å²) in [6.07, 6.45) is 0.184. The molecule has 1 aromatic heterocycles. The van der Waals surface area contributed by atoms with Crippen molar-refractivity contribution < 1.29 is 9.21 Å². The molecule has 0 aliphatic carbocycles. The Morgan fingerprint density at radius 2 is 2.19 bits per heavy atom. The summed E-state index contributed by atoms with van der Waals surface area (Å²) in [5.41, 5.74) is 3.86. The maximum absolute atomic E-state index is 11.2. The Kier molecular flexibility index (Phi) is 2.64. The number of amides is 1. The van der Waals surface area contributed by atoms with Crippen molar-refractivity contribution in [1.82, 2.24) is 10.3 Å². The standard InChI is InChI=1S/C12H14N2O2/c1-7-4-5-9-12(8(7)2)14-11(16-9)6-10(15)13-3/h4-5H,6H2,1-3H3,(H,13,15). The van der Waals surface area contributed by atoms with Crippen LogP contribution in [0.1, 0.15) is 17.0 Å². The summed E-state index contributed by atoms with van der Waals surface area (Å²) in [5.74, 6) is 0.365. The summed E-state index contributed by atoms with van der Waals surface area (Å²) >= 11 is 0. The summed E-state index contributed by atoms with van der Waals surface area (Å²) in [4.78, 5) is 15.5. The van der Waals surface area contributed by atoms with Crippen LogP contribution in [0.3, 0.4) is 0 Å². The SMILES string of the molecule is CNC(=O)Cc1nc2c(C)c(C)ccc2o1. The highest BCUT2D eigenvalue weighted by Crippen LogP contribution is 2.21. The molecule has 0 saturated carbocycles. The van der Waals surface area contributed by atoms with Gasteiger partial charge >= 0.3 is 0 Å². The second-order valence-electron chi connectivity index (χ2n) is 3.81. The van der Waals surface area contributed by atoms with Gasteiger partial charge in [0.2, 0.25) is 11.8 Å². The van der Waals surface area contributed by atoms with E-state index in [-0.39, 0.29) is 12.3 Å². The topological polar surface area (TPSA) is 55.1 Å². The van der Waals surface area contributed by atoms with Gasteiger partial charge in [-0.2, -0.15) is 0 Å². The van der Waals surface area contributed by atoms with E-state index in [1.54, 1.807) is 7.05 Å². The molecule has 0 saturated heterocycles. The second-order valence-corrected chi connectivity index (χ2v) is 3.81. The molecule has 1 N–H and O–H groups in total. The number of carbonyl (C=O) groups is 1. The van der Waals surface area contributed by atoms with E-state index in [1.807, 2.05) is 26.0 Å². The van der Waals surface area contributed by atoms with Crippen LogP contribution in [0, 0.1) is 13.8 Å². The number of nitrogens with zero attached hydrogens (tertiary/aromatic N) is 1. The molecule has 4 nitrogen and oxygen atoms in total. The van der Waals surface area contributed by atoms with Gasteiger partial charge < -0.3 is 9.73 Å². The summed E-state index contributed by atoms with van der Waals surface area (Å²) in [6.45, 7) is 4.03. The number of benzene rings is 1. The van der Waals surface area contributed by atoms with Crippen molar-refractivity contribution in [1.29, 1.82) is 0 Å². The monoisotopic (exact) mass is 218 g/mol. The van der Waals surface area contributed by atoms with E-state index in [9.17, 15) is 4.79 Å². The second kappa shape index (κ2) is 3.96. The lowest BCUT2D eigenvalue weighted by Crippen LogP contribution is -2.19. The van der Waals surface area contributed by atoms with Crippen LogP contribution < -0.4 is 5.32 Å². The molecule has 2 aromatic rings. The minimum Gasteiger partial charge on any atom is -0.440 e. The fourth-order valence-electron chi connectivity index (χ4n) is 1.57. The van der Waals surface area contributed by atoms with E-state index in [2.05, 4.69) is 10.3 Å². The third-order valence-corrected chi connectivity index (χ3v) is 2.72. The van der Waals surface area contributed by atoms with E-state index in [0.717, 1.165) is 16.7 Å². The van der Waals surface area contributed by atoms with Crippen molar-refractivity contribution in [3.05, 3.63) is 29.2 Å². The Labute approximate surface area is 93.7 Å². The van der Waals surface area contributed by atoms with Crippen LogP contribution in [0.4, 0.5) is 0 Å². The fourth-order valence-corrected chi connectivity index (χ4v) is 1.57. The van der Waals surface area contributed by atoms with Crippen molar-refractivity contribution >= 4 is 17.0 Å². The van der Waals surface area contributed by atoms with Gasteiger partial charge in [0.05, 0.1) is 0 Å². The Bertz CT molecular complexity index is 543. The Morgan fingerprint density at radius 1 is 1.44 bits per heavy atom. The molecule has 0 fully saturated rings. The lowest BCUT2D eigenvalue weighted by molar-refractivity contribution is -0.120. The summed E-state index contributed by atoms with van der Waals surface area (Å²) in [7, 11) is 1.60. The third kappa shape index (κ3) is 1.78. The minimum absolute atomic E-state index is 0.0964. The molecule has 0 radical (unpaired) electrons. The highest BCUT2D eigenvalue weighted by molar-refractivity contribution is 5.80. The largest absolute Gasteiger partial charge is 0.440 e. The molecule has 1 heterocycles. The van der Waals surface area contributed by atoms with Crippen LogP contribution in [0.2, 0.25) is 0 Å². The Hall–Kier alpha value is -1.84. The molecular formula is C12H14N2O2. The number of carbonyl (C=O) groups excluding carboxylic acids is 1. The van der Waals surface area contributed by atoms with Crippen molar-refractivity contribution in [3.63, 3.8) is 0 Å². The van der Waals surface area contributed by atoms with Gasteiger partial charge in [-0.25, -0.2) is 4.98 Å². The zero-order valence-corrected chi connectivity index (χ0v) is 9.63. The average molecular weight is 218 g/mol. The molecule has 4 heteroatoms. The van der Waals surface area contributed by atoms with E-state index in [1.165, 1.54) is 5.56 Å². The quantitative estimate of drug-likeness (QED) is 0.835. The van der Waals surface area contributed by atoms with Crippen molar-refractivity contribution in [2.24, 2.45) is 0 Å². The van der Waals surface area contributed by atoms with Crippen molar-refractivity contribution in [2.75, 3.05) is 7.05 Å². The zero-order chi connectivity index (χ0) is 11.7. The molecule has 0 bridgehead atoms. The lowest BCUT2D eigenvalue weighted by Gasteiger charge is -1.96. The molecule has 1 aromatic carbocycles. The number of oxazole rings is 1. The Morgan fingerprint density at radius 3 is 2.88 bits per heavy atom. The van der Waals surface area contributed by atoms with Gasteiger partial charge in [0.1, 0.15) is 11.9 Å². The number of aromatic nitrogens is 1. The number of nitrogens with one attached hydrogen (secondary N) is 1. The van der Waals surface area contributed by atoms with Crippen LogP contribution in [-0.4, -0.2) is 17.9 Å². The van der Waals surface area contributed by atoms with Gasteiger partial charge in [0.15, 0.2) is 5.58 Å². The molecule has 0 atom stereocenters. The predicted octanol–water partition coefficient (Wildman–Crippen LogP) is 1.73. The molecule has 0 unspecified atom stereocenters. The first-order chi connectivity index (χ1) is 7.61. The molecular weight excluding hydrogens is 204 g/mol. The average Bonchev–Trinajstić information content (AvgIpc) is 2.67. The number of fused-ring (bicyclic) bond motifs is 1. The summed E-state index contributed by atoms with van der Waals surface area (Å²) in [6, 6.07) is 3.88. The zero-order valence-electron chi connectivity index (χ0n) is 9.63. The molecule has 0 aliphatic heterocycles. The minimum atomic E-state index is -0.0964. The van der Waals surface area contributed by atoms with E-state index in [4.69, 9.17) is 4.42 Å². The number of likely N-dealkylation sites (N-methyl/N-ethyl adjacent to an activating group) is 1. The van der Waals surface area contributed by atoms with Crippen LogP contribution in [0.25, 0.3) is 11.1 Å². The molecule has 84 valence electrons. The number of aryl methyl sites for hydroxylation is 2. The van der Waals surface area contributed by atoms with Crippen molar-refractivity contribution in [2.45, 2.75) is 20.3 Å². The lowest BCUT2D eigenvalue weighted by atomic mass is 10.1. The van der Waals surface area contributed by atoms with Gasteiger partial charge in [-0.1, -0.05) is 6.07 Å². The number of hydrogen-bond donors (Lipinski definition) is 1. The van der Waals surface area contributed by atoms with Crippen LogP contribution in [0.15, 0.2) is 16.5 Å². The molecule has 2 rings (SSSR count). The highest BCUT2D eigenvalue weighted by atomic mass is 16.3. The van der Waals surface area contributed by atoms with Crippen LogP contribution in [0.5, 0.6) is 0 Å². The van der Waals surface area contributed by atoms with Gasteiger partial charge in [0.25, 0.3) is 0 Å². The first kappa shape index (κ1) is 10.7. The van der Waals surface area contributed by atoms with E-state index in [0.29, 0.717) is 5.89 Å². The molecule has 1 amide bonds. The Balaban J connectivity index is 2.44. The normalized spacial score (nSPS) is 10.7. The first-order valence-electron chi connectivity index (χ1n) is 5.18. The van der Waals surface area contributed by atoms with E-state index < -0.39 is 0 Å². The summed E-state index contributed by atoms with van der Waals surface area (Å²) in [5, 5.41) is 2.54. The van der Waals surface area contributed by atoms with Gasteiger partial charge in [0, 0.05) is 7.05 Å². The van der Waals surface area contributed by atoms with Crippen molar-refractivity contribution in [3.8, 4) is 0 Å². The van der Waals surface area contributed by atoms with E-state index >= 15 is 0 Å². The highest BCUT2D eigenvalue weighted by Gasteiger charge is 2.11.